The van der Waals surface area contributed by atoms with Crippen molar-refractivity contribution in [3.8, 4) is 0 Å². The van der Waals surface area contributed by atoms with Crippen LogP contribution >= 0.6 is 0 Å². The molecule has 0 N–H and O–H groups in total. The molecule has 1 atom stereocenters. The fraction of sp³-hybridized carbons (Fsp3) is 0.500. The number of hydrogen-bond donors (Lipinski definition) is 0. The summed E-state index contributed by atoms with van der Waals surface area (Å²) < 4.78 is 24.9. The molecule has 19 heavy (non-hydrogen) atoms. The third kappa shape index (κ3) is 3.64. The zero-order chi connectivity index (χ0) is 13.9. The molecule has 1 heterocycles. The highest BCUT2D eigenvalue weighted by atomic mass is 32.2. The van der Waals surface area contributed by atoms with Crippen LogP contribution in [0, 0.1) is 0 Å². The SMILES string of the molecule is CS(=O)(=O)N1CCCCC1CC(=O)c1ccccc1. The molecule has 1 aromatic rings. The van der Waals surface area contributed by atoms with Crippen LogP contribution in [0.25, 0.3) is 0 Å². The molecule has 0 amide bonds. The molecule has 0 aromatic heterocycles. The van der Waals surface area contributed by atoms with Crippen LogP contribution in [0.15, 0.2) is 30.3 Å². The molecule has 5 heteroatoms. The van der Waals surface area contributed by atoms with Crippen molar-refractivity contribution in [2.75, 3.05) is 12.8 Å². The average Bonchev–Trinajstić information content (AvgIpc) is 2.39. The normalized spacial score (nSPS) is 21.2. The summed E-state index contributed by atoms with van der Waals surface area (Å²) >= 11 is 0. The molecule has 0 spiro atoms. The van der Waals surface area contributed by atoms with Crippen molar-refractivity contribution in [2.24, 2.45) is 0 Å². The van der Waals surface area contributed by atoms with Gasteiger partial charge in [0.2, 0.25) is 10.0 Å². The maximum Gasteiger partial charge on any atom is 0.211 e. The lowest BCUT2D eigenvalue weighted by Gasteiger charge is -2.33. The highest BCUT2D eigenvalue weighted by molar-refractivity contribution is 7.88. The number of carbonyl (C=O) groups is 1. The van der Waals surface area contributed by atoms with Gasteiger partial charge in [-0.3, -0.25) is 4.79 Å². The van der Waals surface area contributed by atoms with Crippen LogP contribution in [0.4, 0.5) is 0 Å². The largest absolute Gasteiger partial charge is 0.294 e. The van der Waals surface area contributed by atoms with Crippen molar-refractivity contribution in [1.29, 1.82) is 0 Å². The maximum atomic E-state index is 12.2. The molecule has 1 fully saturated rings. The highest BCUT2D eigenvalue weighted by Crippen LogP contribution is 2.23. The molecule has 0 bridgehead atoms. The number of piperidine rings is 1. The van der Waals surface area contributed by atoms with Gasteiger partial charge in [-0.2, -0.15) is 4.31 Å². The molecule has 0 radical (unpaired) electrons. The van der Waals surface area contributed by atoms with Gasteiger partial charge in [0.1, 0.15) is 0 Å². The third-order valence-electron chi connectivity index (χ3n) is 3.52. The molecule has 2 rings (SSSR count). The monoisotopic (exact) mass is 281 g/mol. The van der Waals surface area contributed by atoms with E-state index in [0.29, 0.717) is 12.1 Å². The Labute approximate surface area is 114 Å². The van der Waals surface area contributed by atoms with Crippen molar-refractivity contribution < 1.29 is 13.2 Å². The number of carbonyl (C=O) groups excluding carboxylic acids is 1. The Morgan fingerprint density at radius 2 is 1.95 bits per heavy atom. The quantitative estimate of drug-likeness (QED) is 0.794. The van der Waals surface area contributed by atoms with Gasteiger partial charge in [-0.15, -0.1) is 0 Å². The number of rotatable bonds is 4. The Hall–Kier alpha value is -1.20. The maximum absolute atomic E-state index is 12.2. The molecule has 104 valence electrons. The first-order valence-corrected chi connectivity index (χ1v) is 8.38. The molecule has 1 aliphatic heterocycles. The second kappa shape index (κ2) is 5.84. The fourth-order valence-corrected chi connectivity index (χ4v) is 3.75. The Bertz CT molecular complexity index is 539. The van der Waals surface area contributed by atoms with E-state index in [1.165, 1.54) is 10.6 Å². The second-order valence-corrected chi connectivity index (χ2v) is 6.95. The Balaban J connectivity index is 2.10. The Morgan fingerprint density at radius 3 is 2.58 bits per heavy atom. The van der Waals surface area contributed by atoms with Crippen LogP contribution < -0.4 is 0 Å². The van der Waals surface area contributed by atoms with Gasteiger partial charge in [0, 0.05) is 24.6 Å². The number of sulfonamides is 1. The minimum Gasteiger partial charge on any atom is -0.294 e. The average molecular weight is 281 g/mol. The summed E-state index contributed by atoms with van der Waals surface area (Å²) in [6.45, 7) is 0.533. The minimum absolute atomic E-state index is 0.0150. The predicted octanol–water partition coefficient (Wildman–Crippen LogP) is 2.07. The second-order valence-electron chi connectivity index (χ2n) is 5.02. The molecular weight excluding hydrogens is 262 g/mol. The van der Waals surface area contributed by atoms with E-state index in [4.69, 9.17) is 0 Å². The van der Waals surface area contributed by atoms with E-state index >= 15 is 0 Å². The lowest BCUT2D eigenvalue weighted by Crippen LogP contribution is -2.44. The number of benzene rings is 1. The van der Waals surface area contributed by atoms with Gasteiger partial charge in [0.05, 0.1) is 6.26 Å². The van der Waals surface area contributed by atoms with Gasteiger partial charge in [-0.1, -0.05) is 36.8 Å². The lowest BCUT2D eigenvalue weighted by atomic mass is 9.97. The van der Waals surface area contributed by atoms with E-state index < -0.39 is 10.0 Å². The van der Waals surface area contributed by atoms with Crippen LogP contribution in [0.3, 0.4) is 0 Å². The summed E-state index contributed by atoms with van der Waals surface area (Å²) in [4.78, 5) is 12.2. The van der Waals surface area contributed by atoms with Gasteiger partial charge in [-0.25, -0.2) is 8.42 Å². The molecule has 1 saturated heterocycles. The van der Waals surface area contributed by atoms with E-state index in [1.54, 1.807) is 12.1 Å². The number of hydrogen-bond acceptors (Lipinski definition) is 3. The highest BCUT2D eigenvalue weighted by Gasteiger charge is 2.30. The smallest absolute Gasteiger partial charge is 0.211 e. The van der Waals surface area contributed by atoms with E-state index in [0.717, 1.165) is 19.3 Å². The van der Waals surface area contributed by atoms with Crippen molar-refractivity contribution in [3.05, 3.63) is 35.9 Å². The molecule has 1 aliphatic rings. The van der Waals surface area contributed by atoms with E-state index in [2.05, 4.69) is 0 Å². The topological polar surface area (TPSA) is 54.5 Å². The van der Waals surface area contributed by atoms with Crippen LogP contribution in [0.1, 0.15) is 36.0 Å². The molecular formula is C14H19NO3S. The fourth-order valence-electron chi connectivity index (χ4n) is 2.57. The number of Topliss-reactive ketones (excluding diaryl/α,β-unsaturated/α-hetero) is 1. The summed E-state index contributed by atoms with van der Waals surface area (Å²) in [5.74, 6) is 0.0150. The van der Waals surface area contributed by atoms with Gasteiger partial charge in [0.25, 0.3) is 0 Å². The van der Waals surface area contributed by atoms with E-state index in [9.17, 15) is 13.2 Å². The lowest BCUT2D eigenvalue weighted by molar-refractivity contribution is 0.0940. The standard InChI is InChI=1S/C14H19NO3S/c1-19(17,18)15-10-6-5-9-13(15)11-14(16)12-7-3-2-4-8-12/h2-4,7-8,13H,5-6,9-11H2,1H3. The first-order valence-electron chi connectivity index (χ1n) is 6.53. The van der Waals surface area contributed by atoms with E-state index in [-0.39, 0.29) is 18.2 Å². The van der Waals surface area contributed by atoms with Gasteiger partial charge in [-0.05, 0) is 12.8 Å². The van der Waals surface area contributed by atoms with Crippen LogP contribution in [0.5, 0.6) is 0 Å². The van der Waals surface area contributed by atoms with Crippen LogP contribution in [0.2, 0.25) is 0 Å². The molecule has 1 aromatic carbocycles. The molecule has 4 nitrogen and oxygen atoms in total. The predicted molar refractivity (Wildman–Crippen MR) is 74.6 cm³/mol. The molecule has 1 unspecified atom stereocenters. The molecule has 0 aliphatic carbocycles. The summed E-state index contributed by atoms with van der Waals surface area (Å²) in [5.41, 5.74) is 0.654. The number of ketones is 1. The van der Waals surface area contributed by atoms with E-state index in [1.807, 2.05) is 18.2 Å². The minimum atomic E-state index is -3.22. The van der Waals surface area contributed by atoms with Crippen LogP contribution in [-0.4, -0.2) is 37.3 Å². The number of nitrogens with zero attached hydrogens (tertiary/aromatic N) is 1. The first kappa shape index (κ1) is 14.2. The van der Waals surface area contributed by atoms with Gasteiger partial charge < -0.3 is 0 Å². The van der Waals surface area contributed by atoms with Crippen molar-refractivity contribution in [3.63, 3.8) is 0 Å². The Morgan fingerprint density at radius 1 is 1.26 bits per heavy atom. The van der Waals surface area contributed by atoms with Crippen molar-refractivity contribution in [1.82, 2.24) is 4.31 Å². The van der Waals surface area contributed by atoms with Crippen molar-refractivity contribution in [2.45, 2.75) is 31.7 Å². The van der Waals surface area contributed by atoms with Crippen LogP contribution in [-0.2, 0) is 10.0 Å². The zero-order valence-electron chi connectivity index (χ0n) is 11.1. The summed E-state index contributed by atoms with van der Waals surface area (Å²) in [6.07, 6.45) is 4.13. The summed E-state index contributed by atoms with van der Waals surface area (Å²) in [7, 11) is -3.22. The Kier molecular flexibility index (Phi) is 4.37. The molecule has 0 saturated carbocycles. The van der Waals surface area contributed by atoms with Gasteiger partial charge >= 0.3 is 0 Å². The first-order chi connectivity index (χ1) is 8.98. The zero-order valence-corrected chi connectivity index (χ0v) is 11.9. The van der Waals surface area contributed by atoms with Crippen molar-refractivity contribution >= 4 is 15.8 Å². The summed E-state index contributed by atoms with van der Waals surface area (Å²) in [6, 6.07) is 8.87. The van der Waals surface area contributed by atoms with Gasteiger partial charge in [0.15, 0.2) is 5.78 Å². The summed E-state index contributed by atoms with van der Waals surface area (Å²) in [5, 5.41) is 0. The third-order valence-corrected chi connectivity index (χ3v) is 4.85.